The van der Waals surface area contributed by atoms with Crippen LogP contribution in [-0.2, 0) is 15.7 Å². The number of esters is 1. The van der Waals surface area contributed by atoms with Crippen molar-refractivity contribution in [2.24, 2.45) is 0 Å². The fraction of sp³-hybridized carbons (Fsp3) is 0.500. The molecular formula is C14H12F6N2O2. The minimum absolute atomic E-state index is 0.0537. The Bertz CT molecular complexity index is 659. The molecule has 0 radical (unpaired) electrons. The van der Waals surface area contributed by atoms with Crippen LogP contribution in [0.3, 0.4) is 0 Å². The molecule has 0 aliphatic carbocycles. The van der Waals surface area contributed by atoms with Crippen LogP contribution in [0.25, 0.3) is 0 Å². The van der Waals surface area contributed by atoms with Gasteiger partial charge in [-0.15, -0.1) is 0 Å². The highest BCUT2D eigenvalue weighted by molar-refractivity contribution is 5.79. The van der Waals surface area contributed by atoms with E-state index in [1.54, 1.807) is 0 Å². The third kappa shape index (κ3) is 2.58. The molecule has 24 heavy (non-hydrogen) atoms. The monoisotopic (exact) mass is 354 g/mol. The van der Waals surface area contributed by atoms with Gasteiger partial charge < -0.3 is 10.1 Å². The number of halogens is 6. The van der Waals surface area contributed by atoms with Gasteiger partial charge in [-0.3, -0.25) is 4.79 Å². The number of rotatable bonds is 2. The van der Waals surface area contributed by atoms with Gasteiger partial charge in [-0.25, -0.2) is 4.90 Å². The van der Waals surface area contributed by atoms with Crippen molar-refractivity contribution in [3.05, 3.63) is 29.8 Å². The van der Waals surface area contributed by atoms with Crippen molar-refractivity contribution in [3.63, 3.8) is 0 Å². The van der Waals surface area contributed by atoms with E-state index < -0.39 is 41.5 Å². The first-order valence-corrected chi connectivity index (χ1v) is 7.06. The maximum Gasteiger partial charge on any atom is 0.465 e. The average molecular weight is 354 g/mol. The number of cyclic esters (lactones) is 1. The third-order valence-electron chi connectivity index (χ3n) is 4.07. The van der Waals surface area contributed by atoms with Crippen LogP contribution in [0.4, 0.5) is 32.0 Å². The summed E-state index contributed by atoms with van der Waals surface area (Å²) in [4.78, 5) is 12.6. The second kappa shape index (κ2) is 5.27. The van der Waals surface area contributed by atoms with Crippen molar-refractivity contribution < 1.29 is 35.9 Å². The Morgan fingerprint density at radius 2 is 1.92 bits per heavy atom. The summed E-state index contributed by atoms with van der Waals surface area (Å²) in [6.07, 6.45) is -9.16. The Hall–Kier alpha value is -1.97. The van der Waals surface area contributed by atoms with Gasteiger partial charge in [0.25, 0.3) is 0 Å². The molecule has 1 aromatic rings. The lowest BCUT2D eigenvalue weighted by atomic mass is 10.2. The first-order chi connectivity index (χ1) is 11.0. The van der Waals surface area contributed by atoms with Gasteiger partial charge in [-0.05, 0) is 31.0 Å². The van der Waals surface area contributed by atoms with Crippen molar-refractivity contribution >= 4 is 11.7 Å². The van der Waals surface area contributed by atoms with E-state index in [-0.39, 0.29) is 13.0 Å². The number of nitrogens with one attached hydrogen (secondary N) is 1. The van der Waals surface area contributed by atoms with Crippen molar-refractivity contribution in [1.82, 2.24) is 4.90 Å². The second-order valence-corrected chi connectivity index (χ2v) is 5.62. The van der Waals surface area contributed by atoms with Gasteiger partial charge in [0.1, 0.15) is 6.04 Å². The zero-order chi connectivity index (χ0) is 17.8. The van der Waals surface area contributed by atoms with Crippen molar-refractivity contribution in [3.8, 4) is 0 Å². The van der Waals surface area contributed by atoms with E-state index in [0.717, 1.165) is 23.1 Å². The fourth-order valence-electron chi connectivity index (χ4n) is 3.02. The number of anilines is 1. The van der Waals surface area contributed by atoms with Gasteiger partial charge in [0, 0.05) is 12.2 Å². The van der Waals surface area contributed by atoms with Crippen molar-refractivity contribution in [1.29, 1.82) is 0 Å². The maximum atomic E-state index is 13.6. The minimum atomic E-state index is -5.03. The van der Waals surface area contributed by atoms with Gasteiger partial charge in [0.2, 0.25) is 0 Å². The summed E-state index contributed by atoms with van der Waals surface area (Å²) in [7, 11) is 0. The normalized spacial score (nSPS) is 27.9. The molecule has 2 aliphatic rings. The topological polar surface area (TPSA) is 41.6 Å². The quantitative estimate of drug-likeness (QED) is 0.653. The van der Waals surface area contributed by atoms with Gasteiger partial charge >= 0.3 is 24.2 Å². The van der Waals surface area contributed by atoms with E-state index in [1.165, 1.54) is 0 Å². The van der Waals surface area contributed by atoms with E-state index in [2.05, 4.69) is 4.74 Å². The van der Waals surface area contributed by atoms with E-state index in [0.29, 0.717) is 12.5 Å². The van der Waals surface area contributed by atoms with Crippen LogP contribution >= 0.6 is 0 Å². The molecule has 0 unspecified atom stereocenters. The molecule has 3 rings (SSSR count). The predicted molar refractivity (Wildman–Crippen MR) is 69.7 cm³/mol. The number of hydrogen-bond donors (Lipinski definition) is 1. The Kier molecular flexibility index (Phi) is 3.70. The lowest BCUT2D eigenvalue weighted by Crippen LogP contribution is -2.62. The maximum absolute atomic E-state index is 13.6. The number of nitrogens with zero attached hydrogens (tertiary/aromatic N) is 1. The summed E-state index contributed by atoms with van der Waals surface area (Å²) in [6, 6.07) is 2.27. The molecule has 1 aromatic carbocycles. The molecule has 0 spiro atoms. The summed E-state index contributed by atoms with van der Waals surface area (Å²) in [5.74, 6) is -4.19. The summed E-state index contributed by atoms with van der Waals surface area (Å²) >= 11 is 0. The number of ether oxygens (including phenoxy) is 1. The van der Waals surface area contributed by atoms with E-state index in [9.17, 15) is 31.1 Å². The zero-order valence-corrected chi connectivity index (χ0v) is 12.0. The second-order valence-electron chi connectivity index (χ2n) is 5.62. The summed E-state index contributed by atoms with van der Waals surface area (Å²) in [6.45, 7) is -0.0537. The first kappa shape index (κ1) is 16.9. The number of carbonyl (C=O) groups is 1. The van der Waals surface area contributed by atoms with Crippen molar-refractivity contribution in [2.45, 2.75) is 37.1 Å². The standard InChI is InChI=1S/C14H12F6N2O2/c15-12(16,17)8-3-1-4-9(7-8)21-14(13(18,19)20)22-6-2-5-10(22)11(23)24-14/h1,3-4,7,10,21H,2,5-6H2/t10-,14-/m1/s1. The molecule has 0 bridgehead atoms. The SMILES string of the molecule is O=C1O[C@@](Nc2cccc(C(F)(F)F)c2)(C(F)(F)F)N2CCC[C@H]12. The van der Waals surface area contributed by atoms with Crippen LogP contribution in [0.15, 0.2) is 24.3 Å². The highest BCUT2D eigenvalue weighted by atomic mass is 19.4. The van der Waals surface area contributed by atoms with Gasteiger partial charge in [0.15, 0.2) is 0 Å². The Balaban J connectivity index is 2.00. The van der Waals surface area contributed by atoms with Gasteiger partial charge in [-0.1, -0.05) is 6.07 Å². The number of carbonyl (C=O) groups excluding carboxylic acids is 1. The van der Waals surface area contributed by atoms with Crippen LogP contribution in [-0.4, -0.2) is 35.5 Å². The molecule has 0 saturated carbocycles. The number of hydrogen-bond acceptors (Lipinski definition) is 4. The molecule has 2 atom stereocenters. The molecule has 2 saturated heterocycles. The number of benzene rings is 1. The van der Waals surface area contributed by atoms with E-state index >= 15 is 0 Å². The number of fused-ring (bicyclic) bond motifs is 1. The highest BCUT2D eigenvalue weighted by Gasteiger charge is 2.70. The fourth-order valence-corrected chi connectivity index (χ4v) is 3.02. The van der Waals surface area contributed by atoms with Crippen molar-refractivity contribution in [2.75, 3.05) is 11.9 Å². The molecule has 2 fully saturated rings. The summed E-state index contributed by atoms with van der Waals surface area (Å²) in [5.41, 5.74) is -1.55. The van der Waals surface area contributed by atoms with Gasteiger partial charge in [0.05, 0.1) is 5.56 Å². The van der Waals surface area contributed by atoms with Crippen LogP contribution in [0, 0.1) is 0 Å². The highest BCUT2D eigenvalue weighted by Crippen LogP contribution is 2.46. The lowest BCUT2D eigenvalue weighted by molar-refractivity contribution is -0.286. The summed E-state index contributed by atoms with van der Waals surface area (Å²) in [5, 5.41) is 1.97. The largest absolute Gasteiger partial charge is 0.465 e. The molecule has 0 amide bonds. The predicted octanol–water partition coefficient (Wildman–Crippen LogP) is 3.35. The van der Waals surface area contributed by atoms with E-state index in [4.69, 9.17) is 0 Å². The molecule has 0 aromatic heterocycles. The van der Waals surface area contributed by atoms with Crippen LogP contribution in [0.5, 0.6) is 0 Å². The minimum Gasteiger partial charge on any atom is -0.414 e. The zero-order valence-electron chi connectivity index (χ0n) is 12.0. The molecule has 132 valence electrons. The third-order valence-corrected chi connectivity index (χ3v) is 4.07. The van der Waals surface area contributed by atoms with Crippen LogP contribution < -0.4 is 5.32 Å². The first-order valence-electron chi connectivity index (χ1n) is 7.06. The molecule has 4 nitrogen and oxygen atoms in total. The number of alkyl halides is 6. The molecule has 10 heteroatoms. The van der Waals surface area contributed by atoms with Crippen LogP contribution in [0.1, 0.15) is 18.4 Å². The summed E-state index contributed by atoms with van der Waals surface area (Å²) < 4.78 is 83.7. The Labute approximate surface area is 132 Å². The molecule has 2 heterocycles. The average Bonchev–Trinajstić information content (AvgIpc) is 3.02. The molecule has 1 N–H and O–H groups in total. The smallest absolute Gasteiger partial charge is 0.414 e. The molecular weight excluding hydrogens is 342 g/mol. The Morgan fingerprint density at radius 1 is 1.21 bits per heavy atom. The Morgan fingerprint density at radius 3 is 2.54 bits per heavy atom. The van der Waals surface area contributed by atoms with E-state index in [1.807, 2.05) is 5.32 Å². The van der Waals surface area contributed by atoms with Crippen LogP contribution in [0.2, 0.25) is 0 Å². The lowest BCUT2D eigenvalue weighted by Gasteiger charge is -2.37. The van der Waals surface area contributed by atoms with Gasteiger partial charge in [-0.2, -0.15) is 26.3 Å². The molecule has 2 aliphatic heterocycles.